The lowest BCUT2D eigenvalue weighted by Gasteiger charge is -2.25. The molecule has 0 fully saturated rings. The van der Waals surface area contributed by atoms with Gasteiger partial charge in [-0.15, -0.1) is 0 Å². The standard InChI is InChI=1S/C10H21N3O2S/c1-5-7(6-16-4)12-9(14)10(2,3)8(11)13-15/h7,15H,5-6H2,1-4H3,(H2,11,13)(H,12,14). The van der Waals surface area contributed by atoms with Crippen LogP contribution in [0.2, 0.25) is 0 Å². The first-order chi connectivity index (χ1) is 7.39. The van der Waals surface area contributed by atoms with E-state index in [4.69, 9.17) is 10.9 Å². The fourth-order valence-electron chi connectivity index (χ4n) is 1.07. The Balaban J connectivity index is 4.55. The van der Waals surface area contributed by atoms with Crippen molar-refractivity contribution in [3.63, 3.8) is 0 Å². The maximum Gasteiger partial charge on any atom is 0.233 e. The van der Waals surface area contributed by atoms with Gasteiger partial charge in [-0.05, 0) is 26.5 Å². The zero-order valence-electron chi connectivity index (χ0n) is 10.3. The van der Waals surface area contributed by atoms with Gasteiger partial charge in [-0.2, -0.15) is 11.8 Å². The number of nitrogens with one attached hydrogen (secondary N) is 1. The fourth-order valence-corrected chi connectivity index (χ4v) is 1.79. The van der Waals surface area contributed by atoms with Gasteiger partial charge in [0.25, 0.3) is 0 Å². The van der Waals surface area contributed by atoms with Gasteiger partial charge in [-0.1, -0.05) is 12.1 Å². The molecule has 0 aromatic heterocycles. The molecule has 4 N–H and O–H groups in total. The lowest BCUT2D eigenvalue weighted by atomic mass is 9.90. The summed E-state index contributed by atoms with van der Waals surface area (Å²) in [6.45, 7) is 5.27. The van der Waals surface area contributed by atoms with Crippen LogP contribution in [0.4, 0.5) is 0 Å². The second kappa shape index (κ2) is 6.62. The molecule has 0 aliphatic carbocycles. The third-order valence-electron chi connectivity index (χ3n) is 2.51. The summed E-state index contributed by atoms with van der Waals surface area (Å²) >= 11 is 1.68. The minimum absolute atomic E-state index is 0.0796. The van der Waals surface area contributed by atoms with Crippen LogP contribution in [-0.4, -0.2) is 35.0 Å². The number of amidine groups is 1. The molecule has 5 nitrogen and oxygen atoms in total. The van der Waals surface area contributed by atoms with Crippen LogP contribution in [-0.2, 0) is 4.79 Å². The molecule has 0 aliphatic rings. The van der Waals surface area contributed by atoms with Crippen LogP contribution in [0.25, 0.3) is 0 Å². The summed E-state index contributed by atoms with van der Waals surface area (Å²) in [5.41, 5.74) is 4.49. The van der Waals surface area contributed by atoms with Gasteiger partial charge in [0.1, 0.15) is 5.41 Å². The van der Waals surface area contributed by atoms with Gasteiger partial charge in [0.2, 0.25) is 5.91 Å². The maximum atomic E-state index is 11.9. The Morgan fingerprint density at radius 2 is 2.19 bits per heavy atom. The van der Waals surface area contributed by atoms with E-state index in [2.05, 4.69) is 10.5 Å². The number of nitrogens with zero attached hydrogens (tertiary/aromatic N) is 1. The van der Waals surface area contributed by atoms with Crippen molar-refractivity contribution >= 4 is 23.5 Å². The van der Waals surface area contributed by atoms with E-state index in [0.717, 1.165) is 12.2 Å². The van der Waals surface area contributed by atoms with Crippen molar-refractivity contribution < 1.29 is 10.0 Å². The number of hydrogen-bond acceptors (Lipinski definition) is 4. The molecule has 0 saturated heterocycles. The molecule has 1 atom stereocenters. The Morgan fingerprint density at radius 3 is 2.56 bits per heavy atom. The van der Waals surface area contributed by atoms with Gasteiger partial charge >= 0.3 is 0 Å². The molecule has 6 heteroatoms. The third kappa shape index (κ3) is 3.92. The molecule has 0 heterocycles. The average molecular weight is 247 g/mol. The summed E-state index contributed by atoms with van der Waals surface area (Å²) < 4.78 is 0. The number of carbonyl (C=O) groups is 1. The Labute approximate surface area is 101 Å². The highest BCUT2D eigenvalue weighted by molar-refractivity contribution is 7.98. The third-order valence-corrected chi connectivity index (χ3v) is 3.25. The van der Waals surface area contributed by atoms with Crippen molar-refractivity contribution in [1.29, 1.82) is 0 Å². The van der Waals surface area contributed by atoms with Gasteiger partial charge < -0.3 is 16.3 Å². The fraction of sp³-hybridized carbons (Fsp3) is 0.800. The molecule has 0 aromatic carbocycles. The van der Waals surface area contributed by atoms with Crippen LogP contribution in [0.5, 0.6) is 0 Å². The molecular formula is C10H21N3O2S. The molecule has 1 unspecified atom stereocenters. The van der Waals surface area contributed by atoms with E-state index in [1.54, 1.807) is 25.6 Å². The molecule has 1 amide bonds. The Bertz CT molecular complexity index is 267. The minimum Gasteiger partial charge on any atom is -0.409 e. The van der Waals surface area contributed by atoms with Crippen molar-refractivity contribution in [3.05, 3.63) is 0 Å². The number of nitrogens with two attached hydrogens (primary N) is 1. The zero-order valence-corrected chi connectivity index (χ0v) is 11.1. The monoisotopic (exact) mass is 247 g/mol. The van der Waals surface area contributed by atoms with Crippen molar-refractivity contribution in [1.82, 2.24) is 5.32 Å². The van der Waals surface area contributed by atoms with E-state index >= 15 is 0 Å². The largest absolute Gasteiger partial charge is 0.409 e. The summed E-state index contributed by atoms with van der Waals surface area (Å²) in [6, 6.07) is 0.119. The normalized spacial score (nSPS) is 14.6. The van der Waals surface area contributed by atoms with Crippen molar-refractivity contribution in [2.75, 3.05) is 12.0 Å². The molecule has 0 radical (unpaired) electrons. The first-order valence-corrected chi connectivity index (χ1v) is 6.57. The van der Waals surface area contributed by atoms with Gasteiger partial charge in [0.15, 0.2) is 5.84 Å². The van der Waals surface area contributed by atoms with Crippen LogP contribution >= 0.6 is 11.8 Å². The Hall–Kier alpha value is -0.910. The van der Waals surface area contributed by atoms with E-state index < -0.39 is 5.41 Å². The maximum absolute atomic E-state index is 11.9. The van der Waals surface area contributed by atoms with Gasteiger partial charge in [0, 0.05) is 11.8 Å². The second-order valence-corrected chi connectivity index (χ2v) is 5.05. The predicted octanol–water partition coefficient (Wildman–Crippen LogP) is 1.02. The number of rotatable bonds is 6. The summed E-state index contributed by atoms with van der Waals surface area (Å²) in [7, 11) is 0. The van der Waals surface area contributed by atoms with Crippen molar-refractivity contribution in [3.8, 4) is 0 Å². The van der Waals surface area contributed by atoms with E-state index in [1.807, 2.05) is 13.2 Å². The predicted molar refractivity (Wildman–Crippen MR) is 67.8 cm³/mol. The highest BCUT2D eigenvalue weighted by Gasteiger charge is 2.33. The average Bonchev–Trinajstić information content (AvgIpc) is 2.26. The van der Waals surface area contributed by atoms with Crippen LogP contribution in [0.15, 0.2) is 5.16 Å². The number of amides is 1. The molecule has 0 aromatic rings. The summed E-state index contributed by atoms with van der Waals surface area (Å²) in [6.07, 6.45) is 2.85. The summed E-state index contributed by atoms with van der Waals surface area (Å²) in [5.74, 6) is 0.557. The van der Waals surface area contributed by atoms with E-state index in [9.17, 15) is 4.79 Å². The SMILES string of the molecule is CCC(CSC)NC(=O)C(C)(C)C(N)=NO. The molecule has 0 aliphatic heterocycles. The lowest BCUT2D eigenvalue weighted by Crippen LogP contribution is -2.49. The molecule has 0 saturated carbocycles. The molecule has 16 heavy (non-hydrogen) atoms. The molecule has 0 rings (SSSR count). The van der Waals surface area contributed by atoms with Crippen LogP contribution in [0.1, 0.15) is 27.2 Å². The van der Waals surface area contributed by atoms with Crippen LogP contribution in [0, 0.1) is 5.41 Å². The number of carbonyl (C=O) groups excluding carboxylic acids is 1. The summed E-state index contributed by atoms with van der Waals surface area (Å²) in [5, 5.41) is 14.4. The first kappa shape index (κ1) is 15.1. The molecule has 94 valence electrons. The quantitative estimate of drug-likeness (QED) is 0.283. The topological polar surface area (TPSA) is 87.7 Å². The smallest absolute Gasteiger partial charge is 0.233 e. The zero-order chi connectivity index (χ0) is 12.8. The number of oxime groups is 1. The van der Waals surface area contributed by atoms with Gasteiger partial charge in [0.05, 0.1) is 0 Å². The Morgan fingerprint density at radius 1 is 1.62 bits per heavy atom. The van der Waals surface area contributed by atoms with E-state index in [1.165, 1.54) is 0 Å². The second-order valence-electron chi connectivity index (χ2n) is 4.14. The van der Waals surface area contributed by atoms with Gasteiger partial charge in [-0.3, -0.25) is 4.79 Å². The van der Waals surface area contributed by atoms with Crippen LogP contribution < -0.4 is 11.1 Å². The van der Waals surface area contributed by atoms with Crippen LogP contribution in [0.3, 0.4) is 0 Å². The Kier molecular flexibility index (Phi) is 6.25. The number of thioether (sulfide) groups is 1. The first-order valence-electron chi connectivity index (χ1n) is 5.18. The highest BCUT2D eigenvalue weighted by Crippen LogP contribution is 2.16. The van der Waals surface area contributed by atoms with Crippen molar-refractivity contribution in [2.45, 2.75) is 33.2 Å². The highest BCUT2D eigenvalue weighted by atomic mass is 32.2. The summed E-state index contributed by atoms with van der Waals surface area (Å²) in [4.78, 5) is 11.9. The van der Waals surface area contributed by atoms with E-state index in [-0.39, 0.29) is 17.8 Å². The minimum atomic E-state index is -0.986. The van der Waals surface area contributed by atoms with E-state index in [0.29, 0.717) is 0 Å². The van der Waals surface area contributed by atoms with Crippen molar-refractivity contribution in [2.24, 2.45) is 16.3 Å². The molecule has 0 spiro atoms. The molecular weight excluding hydrogens is 226 g/mol. The molecule has 0 bridgehead atoms. The number of hydrogen-bond donors (Lipinski definition) is 3. The van der Waals surface area contributed by atoms with Gasteiger partial charge in [-0.25, -0.2) is 0 Å². The lowest BCUT2D eigenvalue weighted by molar-refractivity contribution is -0.127.